The number of hydrogen-bond donors (Lipinski definition) is 1. The Morgan fingerprint density at radius 1 is 1.17 bits per heavy atom. The number of aromatic nitrogens is 1. The molecule has 0 spiro atoms. The summed E-state index contributed by atoms with van der Waals surface area (Å²) in [7, 11) is -1.99. The summed E-state index contributed by atoms with van der Waals surface area (Å²) in [6.07, 6.45) is 1.52. The minimum absolute atomic E-state index is 0.210. The van der Waals surface area contributed by atoms with E-state index in [0.717, 1.165) is 22.6 Å². The van der Waals surface area contributed by atoms with Crippen molar-refractivity contribution in [2.45, 2.75) is 10.8 Å². The Bertz CT molecular complexity index is 869. The zero-order valence-electron chi connectivity index (χ0n) is 12.2. The van der Waals surface area contributed by atoms with Crippen molar-refractivity contribution in [2.75, 3.05) is 7.11 Å². The molecule has 0 atom stereocenters. The molecule has 23 heavy (non-hydrogen) atoms. The Morgan fingerprint density at radius 3 is 2.61 bits per heavy atom. The molecule has 120 valence electrons. The highest BCUT2D eigenvalue weighted by Gasteiger charge is 2.18. The second kappa shape index (κ2) is 6.53. The van der Waals surface area contributed by atoms with E-state index >= 15 is 0 Å². The molecule has 6 nitrogen and oxygen atoms in total. The van der Waals surface area contributed by atoms with Crippen LogP contribution >= 0.6 is 11.3 Å². The maximum Gasteiger partial charge on any atom is 0.250 e. The van der Waals surface area contributed by atoms with Crippen molar-refractivity contribution >= 4 is 21.4 Å². The molecule has 0 fully saturated rings. The molecule has 3 aromatic rings. The number of rotatable bonds is 6. The molecule has 1 N–H and O–H groups in total. The number of nitrogens with one attached hydrogen (secondary N) is 1. The molecule has 0 bridgehead atoms. The minimum atomic E-state index is -3.57. The van der Waals surface area contributed by atoms with Crippen LogP contribution in [0.25, 0.3) is 10.6 Å². The van der Waals surface area contributed by atoms with E-state index in [1.807, 2.05) is 12.1 Å². The highest BCUT2D eigenvalue weighted by Crippen LogP contribution is 2.30. The van der Waals surface area contributed by atoms with E-state index in [1.165, 1.54) is 6.20 Å². The zero-order valence-corrected chi connectivity index (χ0v) is 13.9. The number of methoxy groups -OCH3 is 1. The lowest BCUT2D eigenvalue weighted by atomic mass is 10.2. The van der Waals surface area contributed by atoms with Gasteiger partial charge in [0.05, 0.1) is 18.2 Å². The van der Waals surface area contributed by atoms with Gasteiger partial charge in [-0.1, -0.05) is 17.3 Å². The molecule has 3 rings (SSSR count). The second-order valence-corrected chi connectivity index (χ2v) is 7.75. The van der Waals surface area contributed by atoms with Crippen LogP contribution in [0.15, 0.2) is 57.4 Å². The van der Waals surface area contributed by atoms with Gasteiger partial charge in [-0.25, -0.2) is 13.1 Å². The van der Waals surface area contributed by atoms with Crippen molar-refractivity contribution in [3.63, 3.8) is 0 Å². The molecular weight excluding hydrogens is 336 g/mol. The first kappa shape index (κ1) is 15.7. The van der Waals surface area contributed by atoms with Crippen molar-refractivity contribution < 1.29 is 17.7 Å². The maximum absolute atomic E-state index is 12.3. The van der Waals surface area contributed by atoms with Crippen molar-refractivity contribution in [1.29, 1.82) is 0 Å². The Hall–Kier alpha value is -2.16. The van der Waals surface area contributed by atoms with E-state index in [4.69, 9.17) is 9.26 Å². The first-order valence-corrected chi connectivity index (χ1v) is 9.02. The molecule has 0 radical (unpaired) electrons. The van der Waals surface area contributed by atoms with Gasteiger partial charge in [0, 0.05) is 12.6 Å². The van der Waals surface area contributed by atoms with E-state index in [0.29, 0.717) is 10.6 Å². The smallest absolute Gasteiger partial charge is 0.250 e. The quantitative estimate of drug-likeness (QED) is 0.739. The van der Waals surface area contributed by atoms with Gasteiger partial charge in [0.2, 0.25) is 10.0 Å². The fraction of sp³-hybridized carbons (Fsp3) is 0.133. The van der Waals surface area contributed by atoms with Gasteiger partial charge < -0.3 is 9.26 Å². The molecular formula is C15H14N2O4S2. The fourth-order valence-corrected chi connectivity index (χ4v) is 4.26. The molecule has 1 aromatic carbocycles. The summed E-state index contributed by atoms with van der Waals surface area (Å²) >= 11 is 1.13. The van der Waals surface area contributed by atoms with Crippen LogP contribution in [0.1, 0.15) is 5.56 Å². The summed E-state index contributed by atoms with van der Waals surface area (Å²) in [4.78, 5) is 0.715. The Labute approximate surface area is 137 Å². The van der Waals surface area contributed by atoms with Gasteiger partial charge in [-0.2, -0.15) is 0 Å². The largest absolute Gasteiger partial charge is 0.497 e. The van der Waals surface area contributed by atoms with Gasteiger partial charge in [0.25, 0.3) is 0 Å². The summed E-state index contributed by atoms with van der Waals surface area (Å²) in [5.41, 5.74) is 0.849. The molecule has 0 aliphatic rings. The molecule has 0 aliphatic heterocycles. The number of benzene rings is 1. The van der Waals surface area contributed by atoms with Gasteiger partial charge in [-0.15, -0.1) is 11.3 Å². The van der Waals surface area contributed by atoms with E-state index < -0.39 is 10.0 Å². The third-order valence-electron chi connectivity index (χ3n) is 3.15. The first-order valence-electron chi connectivity index (χ1n) is 6.72. The van der Waals surface area contributed by atoms with Crippen LogP contribution in [0.5, 0.6) is 5.75 Å². The predicted molar refractivity (Wildman–Crippen MR) is 86.8 cm³/mol. The van der Waals surface area contributed by atoms with E-state index in [2.05, 4.69) is 9.88 Å². The van der Waals surface area contributed by atoms with Gasteiger partial charge >= 0.3 is 0 Å². The van der Waals surface area contributed by atoms with Crippen LogP contribution in [-0.2, 0) is 16.6 Å². The number of ether oxygens (including phenoxy) is 1. The number of nitrogens with zero attached hydrogens (tertiary/aromatic N) is 1. The number of sulfonamides is 1. The predicted octanol–water partition coefficient (Wildman–Crippen LogP) is 2.89. The Morgan fingerprint density at radius 2 is 1.96 bits per heavy atom. The standard InChI is InChI=1S/C15H14N2O4S2/c1-20-12-4-2-11(3-5-12)10-17-23(18,19)15-7-6-14(22-15)13-8-9-16-21-13/h2-9,17H,10H2,1H3. The molecule has 0 unspecified atom stereocenters. The topological polar surface area (TPSA) is 81.4 Å². The number of thiophene rings is 1. The third kappa shape index (κ3) is 3.61. The SMILES string of the molecule is COc1ccc(CNS(=O)(=O)c2ccc(-c3ccno3)s2)cc1. The second-order valence-electron chi connectivity index (χ2n) is 4.67. The normalized spacial score (nSPS) is 11.5. The summed E-state index contributed by atoms with van der Waals surface area (Å²) in [6, 6.07) is 12.2. The maximum atomic E-state index is 12.3. The van der Waals surface area contributed by atoms with Gasteiger partial charge in [0.15, 0.2) is 5.76 Å². The lowest BCUT2D eigenvalue weighted by Gasteiger charge is -2.06. The lowest BCUT2D eigenvalue weighted by molar-refractivity contribution is 0.414. The van der Waals surface area contributed by atoms with Crippen LogP contribution < -0.4 is 9.46 Å². The summed E-state index contributed by atoms with van der Waals surface area (Å²) in [5, 5.41) is 3.62. The summed E-state index contributed by atoms with van der Waals surface area (Å²) < 4.78 is 37.6. The Kier molecular flexibility index (Phi) is 4.46. The minimum Gasteiger partial charge on any atom is -0.497 e. The van der Waals surface area contributed by atoms with E-state index in [9.17, 15) is 8.42 Å². The molecule has 8 heteroatoms. The fourth-order valence-electron chi connectivity index (χ4n) is 1.93. The number of hydrogen-bond acceptors (Lipinski definition) is 6. The van der Waals surface area contributed by atoms with Crippen LogP contribution in [0.4, 0.5) is 0 Å². The van der Waals surface area contributed by atoms with Crippen molar-refractivity contribution in [3.8, 4) is 16.4 Å². The monoisotopic (exact) mass is 350 g/mol. The average Bonchev–Trinajstić information content (AvgIpc) is 3.24. The van der Waals surface area contributed by atoms with Crippen molar-refractivity contribution in [1.82, 2.24) is 9.88 Å². The zero-order chi connectivity index (χ0) is 16.3. The molecule has 0 aliphatic carbocycles. The van der Waals surface area contributed by atoms with Crippen LogP contribution in [0.2, 0.25) is 0 Å². The summed E-state index contributed by atoms with van der Waals surface area (Å²) in [5.74, 6) is 1.28. The van der Waals surface area contributed by atoms with Crippen molar-refractivity contribution in [3.05, 3.63) is 54.2 Å². The Balaban J connectivity index is 1.71. The highest BCUT2D eigenvalue weighted by atomic mass is 32.2. The molecule has 0 saturated heterocycles. The molecule has 2 heterocycles. The van der Waals surface area contributed by atoms with Crippen molar-refractivity contribution in [2.24, 2.45) is 0 Å². The lowest BCUT2D eigenvalue weighted by Crippen LogP contribution is -2.22. The van der Waals surface area contributed by atoms with E-state index in [-0.39, 0.29) is 10.8 Å². The van der Waals surface area contributed by atoms with E-state index in [1.54, 1.807) is 37.4 Å². The van der Waals surface area contributed by atoms with Gasteiger partial charge in [0.1, 0.15) is 9.96 Å². The highest BCUT2D eigenvalue weighted by molar-refractivity contribution is 7.91. The summed E-state index contributed by atoms with van der Waals surface area (Å²) in [6.45, 7) is 0.210. The molecule has 0 saturated carbocycles. The van der Waals surface area contributed by atoms with Gasteiger partial charge in [-0.05, 0) is 29.8 Å². The van der Waals surface area contributed by atoms with Crippen LogP contribution in [0, 0.1) is 0 Å². The molecule has 0 amide bonds. The van der Waals surface area contributed by atoms with Crippen LogP contribution in [-0.4, -0.2) is 20.7 Å². The third-order valence-corrected chi connectivity index (χ3v) is 6.15. The first-order chi connectivity index (χ1) is 11.1. The van der Waals surface area contributed by atoms with Gasteiger partial charge in [-0.3, -0.25) is 0 Å². The van der Waals surface area contributed by atoms with Crippen LogP contribution in [0.3, 0.4) is 0 Å². The average molecular weight is 350 g/mol. The molecule has 2 aromatic heterocycles.